The lowest BCUT2D eigenvalue weighted by molar-refractivity contribution is -0.116. The second kappa shape index (κ2) is 6.18. The Morgan fingerprint density at radius 1 is 1.23 bits per heavy atom. The average Bonchev–Trinajstić information content (AvgIpc) is 3.01. The molecule has 0 saturated heterocycles. The van der Waals surface area contributed by atoms with Crippen LogP contribution in [0.4, 0.5) is 5.00 Å². The number of thiazole rings is 1. The van der Waals surface area contributed by atoms with E-state index in [4.69, 9.17) is 4.98 Å². The fraction of sp³-hybridized carbons (Fsp3) is 0.294. The maximum absolute atomic E-state index is 12.0. The van der Waals surface area contributed by atoms with Gasteiger partial charge >= 0.3 is 0 Å². The molecule has 0 aliphatic heterocycles. The highest BCUT2D eigenvalue weighted by Gasteiger charge is 2.19. The number of hydrogen-bond donors (Lipinski definition) is 1. The van der Waals surface area contributed by atoms with Crippen LogP contribution in [0.5, 0.6) is 0 Å². The first-order chi connectivity index (χ1) is 10.6. The van der Waals surface area contributed by atoms with Crippen molar-refractivity contribution < 1.29 is 4.79 Å². The Hall–Kier alpha value is -1.72. The van der Waals surface area contributed by atoms with E-state index in [-0.39, 0.29) is 5.91 Å². The lowest BCUT2D eigenvalue weighted by Crippen LogP contribution is -2.10. The monoisotopic (exact) mass is 330 g/mol. The number of hydrogen-bond acceptors (Lipinski definition) is 4. The normalized spacial score (nSPS) is 11.0. The lowest BCUT2D eigenvalue weighted by atomic mass is 10.1. The third kappa shape index (κ3) is 2.78. The van der Waals surface area contributed by atoms with Gasteiger partial charge in [-0.2, -0.15) is 0 Å². The van der Waals surface area contributed by atoms with Crippen LogP contribution in [0.3, 0.4) is 0 Å². The van der Waals surface area contributed by atoms with Crippen molar-refractivity contribution in [3.63, 3.8) is 0 Å². The van der Waals surface area contributed by atoms with E-state index in [1.54, 1.807) is 22.7 Å². The fourth-order valence-corrected chi connectivity index (χ4v) is 4.58. The molecule has 5 heteroatoms. The third-order valence-electron chi connectivity index (χ3n) is 3.62. The fourth-order valence-electron chi connectivity index (χ4n) is 2.37. The summed E-state index contributed by atoms with van der Waals surface area (Å²) in [5.41, 5.74) is 3.29. The molecule has 0 aliphatic rings. The van der Waals surface area contributed by atoms with Crippen molar-refractivity contribution in [1.29, 1.82) is 0 Å². The van der Waals surface area contributed by atoms with Crippen molar-refractivity contribution in [2.45, 2.75) is 33.6 Å². The number of fused-ring (bicyclic) bond motifs is 1. The van der Waals surface area contributed by atoms with Gasteiger partial charge in [0, 0.05) is 16.9 Å². The highest BCUT2D eigenvalue weighted by atomic mass is 32.1. The first kappa shape index (κ1) is 15.2. The van der Waals surface area contributed by atoms with Crippen LogP contribution in [0.2, 0.25) is 0 Å². The number of benzene rings is 1. The third-order valence-corrected chi connectivity index (χ3v) is 5.80. The van der Waals surface area contributed by atoms with Crippen LogP contribution >= 0.6 is 22.7 Å². The van der Waals surface area contributed by atoms with Crippen molar-refractivity contribution in [3.8, 4) is 10.6 Å². The lowest BCUT2D eigenvalue weighted by Gasteiger charge is -2.04. The van der Waals surface area contributed by atoms with E-state index < -0.39 is 0 Å². The summed E-state index contributed by atoms with van der Waals surface area (Å²) >= 11 is 3.31. The summed E-state index contributed by atoms with van der Waals surface area (Å²) in [6, 6.07) is 8.14. The number of rotatable bonds is 4. The van der Waals surface area contributed by atoms with Crippen molar-refractivity contribution >= 4 is 43.8 Å². The van der Waals surface area contributed by atoms with Gasteiger partial charge in [-0.3, -0.25) is 4.79 Å². The zero-order chi connectivity index (χ0) is 15.7. The molecule has 3 aromatic rings. The molecule has 114 valence electrons. The molecular weight excluding hydrogens is 312 g/mol. The standard InChI is InChI=1S/C17H18N2OS2/c1-4-7-14(20)19-17-15(10(2)11(3)21-17)16-18-12-8-5-6-9-13(12)22-16/h5-6,8-9H,4,7H2,1-3H3,(H,19,20). The van der Waals surface area contributed by atoms with Gasteiger partial charge in [0.15, 0.2) is 0 Å². The van der Waals surface area contributed by atoms with Gasteiger partial charge < -0.3 is 5.32 Å². The number of aryl methyl sites for hydroxylation is 1. The van der Waals surface area contributed by atoms with Gasteiger partial charge in [-0.05, 0) is 38.0 Å². The summed E-state index contributed by atoms with van der Waals surface area (Å²) in [5.74, 6) is 0.0751. The number of carbonyl (C=O) groups is 1. The van der Waals surface area contributed by atoms with Crippen LogP contribution in [0.15, 0.2) is 24.3 Å². The van der Waals surface area contributed by atoms with Crippen molar-refractivity contribution in [2.75, 3.05) is 5.32 Å². The topological polar surface area (TPSA) is 42.0 Å². The van der Waals surface area contributed by atoms with E-state index >= 15 is 0 Å². The number of thiophene rings is 1. The van der Waals surface area contributed by atoms with E-state index in [1.807, 2.05) is 25.1 Å². The Morgan fingerprint density at radius 3 is 2.73 bits per heavy atom. The number of carbonyl (C=O) groups excluding carboxylic acids is 1. The molecule has 1 N–H and O–H groups in total. The molecule has 2 aromatic heterocycles. The quantitative estimate of drug-likeness (QED) is 0.698. The Morgan fingerprint density at radius 2 is 2.00 bits per heavy atom. The molecule has 22 heavy (non-hydrogen) atoms. The summed E-state index contributed by atoms with van der Waals surface area (Å²) in [4.78, 5) is 17.9. The van der Waals surface area contributed by atoms with Crippen molar-refractivity contribution in [1.82, 2.24) is 4.98 Å². The first-order valence-electron chi connectivity index (χ1n) is 7.36. The van der Waals surface area contributed by atoms with Gasteiger partial charge in [-0.1, -0.05) is 19.1 Å². The number of nitrogens with zero attached hydrogens (tertiary/aromatic N) is 1. The minimum Gasteiger partial charge on any atom is -0.317 e. The number of para-hydroxylation sites is 1. The summed E-state index contributed by atoms with van der Waals surface area (Å²) in [5, 5.41) is 4.97. The highest BCUT2D eigenvalue weighted by Crippen LogP contribution is 2.43. The second-order valence-corrected chi connectivity index (χ2v) is 7.53. The molecule has 0 fully saturated rings. The number of anilines is 1. The van der Waals surface area contributed by atoms with Gasteiger partial charge in [0.1, 0.15) is 10.0 Å². The van der Waals surface area contributed by atoms with E-state index in [0.29, 0.717) is 6.42 Å². The molecule has 3 nitrogen and oxygen atoms in total. The molecule has 0 atom stereocenters. The largest absolute Gasteiger partial charge is 0.317 e. The van der Waals surface area contributed by atoms with Gasteiger partial charge in [0.25, 0.3) is 0 Å². The highest BCUT2D eigenvalue weighted by molar-refractivity contribution is 7.22. The van der Waals surface area contributed by atoms with E-state index in [9.17, 15) is 4.79 Å². The number of aromatic nitrogens is 1. The molecule has 1 amide bonds. The van der Waals surface area contributed by atoms with E-state index in [0.717, 1.165) is 27.5 Å². The maximum Gasteiger partial charge on any atom is 0.224 e. The van der Waals surface area contributed by atoms with Gasteiger partial charge in [0.05, 0.1) is 10.2 Å². The minimum absolute atomic E-state index is 0.0751. The second-order valence-electron chi connectivity index (χ2n) is 5.27. The minimum atomic E-state index is 0.0751. The summed E-state index contributed by atoms with van der Waals surface area (Å²) in [6.07, 6.45) is 1.40. The molecule has 0 aliphatic carbocycles. The smallest absolute Gasteiger partial charge is 0.224 e. The van der Waals surface area contributed by atoms with E-state index in [1.165, 1.54) is 15.1 Å². The SMILES string of the molecule is CCCC(=O)Nc1sc(C)c(C)c1-c1nc2ccccc2s1. The molecule has 0 bridgehead atoms. The van der Waals surface area contributed by atoms with Crippen molar-refractivity contribution in [2.24, 2.45) is 0 Å². The zero-order valence-corrected chi connectivity index (χ0v) is 14.5. The number of nitrogens with one attached hydrogen (secondary N) is 1. The maximum atomic E-state index is 12.0. The Kier molecular flexibility index (Phi) is 4.27. The Balaban J connectivity index is 2.07. The zero-order valence-electron chi connectivity index (χ0n) is 12.9. The van der Waals surface area contributed by atoms with Gasteiger partial charge in [-0.25, -0.2) is 4.98 Å². The Labute approximate surface area is 138 Å². The van der Waals surface area contributed by atoms with Crippen LogP contribution in [0.1, 0.15) is 30.2 Å². The average molecular weight is 330 g/mol. The van der Waals surface area contributed by atoms with Crippen LogP contribution in [0.25, 0.3) is 20.8 Å². The Bertz CT molecular complexity index is 799. The molecule has 0 unspecified atom stereocenters. The molecular formula is C17H18N2OS2. The van der Waals surface area contributed by atoms with Crippen molar-refractivity contribution in [3.05, 3.63) is 34.7 Å². The van der Waals surface area contributed by atoms with Crippen LogP contribution in [0, 0.1) is 13.8 Å². The van der Waals surface area contributed by atoms with Crippen LogP contribution in [-0.2, 0) is 4.79 Å². The molecule has 1 aromatic carbocycles. The molecule has 0 radical (unpaired) electrons. The molecule has 0 saturated carbocycles. The summed E-state index contributed by atoms with van der Waals surface area (Å²) in [7, 11) is 0. The molecule has 3 rings (SSSR count). The van der Waals surface area contributed by atoms with Crippen LogP contribution < -0.4 is 5.32 Å². The summed E-state index contributed by atoms with van der Waals surface area (Å²) in [6.45, 7) is 6.20. The first-order valence-corrected chi connectivity index (χ1v) is 8.99. The van der Waals surface area contributed by atoms with E-state index in [2.05, 4.69) is 25.2 Å². The molecule has 2 heterocycles. The van der Waals surface area contributed by atoms with Gasteiger partial charge in [-0.15, -0.1) is 22.7 Å². The summed E-state index contributed by atoms with van der Waals surface area (Å²) < 4.78 is 1.17. The molecule has 0 spiro atoms. The predicted octanol–water partition coefficient (Wildman–Crippen LogP) is 5.38. The van der Waals surface area contributed by atoms with Gasteiger partial charge in [0.2, 0.25) is 5.91 Å². The predicted molar refractivity (Wildman–Crippen MR) is 95.9 cm³/mol. The number of amides is 1. The van der Waals surface area contributed by atoms with Crippen LogP contribution in [-0.4, -0.2) is 10.9 Å².